The number of carboxylic acid groups (broad SMARTS) is 2. The van der Waals surface area contributed by atoms with Crippen LogP contribution in [0.5, 0.6) is 0 Å². The van der Waals surface area contributed by atoms with E-state index in [4.69, 9.17) is 10.2 Å². The molecule has 0 aliphatic carbocycles. The number of primary amides is 1. The molecule has 0 spiro atoms. The summed E-state index contributed by atoms with van der Waals surface area (Å²) < 4.78 is 4.18. The summed E-state index contributed by atoms with van der Waals surface area (Å²) in [6.45, 7) is 13.1. The molecule has 11 nitrogen and oxygen atoms in total. The van der Waals surface area contributed by atoms with Gasteiger partial charge in [-0.1, -0.05) is 19.2 Å². The molecule has 1 aromatic rings. The number of carbonyl (C=O) groups is 3. The fraction of sp³-hybridized carbons (Fsp3) is 0.250. The van der Waals surface area contributed by atoms with Crippen LogP contribution in [0.1, 0.15) is 26.3 Å². The van der Waals surface area contributed by atoms with Gasteiger partial charge >= 0.3 is 18.0 Å². The van der Waals surface area contributed by atoms with Crippen molar-refractivity contribution in [3.05, 3.63) is 48.1 Å². The average molecular weight is 435 g/mol. The Hall–Kier alpha value is -4.33. The molecule has 0 saturated heterocycles. The van der Waals surface area contributed by atoms with Crippen molar-refractivity contribution in [2.24, 2.45) is 15.7 Å². The second-order valence-electron chi connectivity index (χ2n) is 5.30. The Labute approximate surface area is 179 Å². The summed E-state index contributed by atoms with van der Waals surface area (Å²) in [7, 11) is 0. The van der Waals surface area contributed by atoms with Gasteiger partial charge in [0.2, 0.25) is 12.2 Å². The molecule has 168 valence electrons. The van der Waals surface area contributed by atoms with E-state index in [1.807, 2.05) is 0 Å². The predicted molar refractivity (Wildman–Crippen MR) is 113 cm³/mol. The fourth-order valence-electron chi connectivity index (χ4n) is 1.03. The largest absolute Gasteiger partial charge is 0.478 e. The molecule has 0 bridgehead atoms. The number of aliphatic imine (C=N–C) groups is 2. The average Bonchev–Trinajstić information content (AvgIpc) is 2.66. The number of nitrogens with zero attached hydrogens (tertiary/aromatic N) is 2. The minimum Gasteiger partial charge on any atom is -0.478 e. The van der Waals surface area contributed by atoms with Gasteiger partial charge < -0.3 is 20.7 Å². The number of amides is 1. The Bertz CT molecular complexity index is 832. The van der Waals surface area contributed by atoms with Gasteiger partial charge in [-0.25, -0.2) is 24.0 Å². The first kappa shape index (κ1) is 31.4. The standard InChI is InChI=1S/C9H6N2O2.2C4H6O2.C3H7NO2/c1-7-2-3-8(10-5-12)4-9(7)11-6-13;2*1-3(2)4(5)6;1-2-6-3(4)5/h2-4H,1H3;2*1H2,2H3,(H,5,6);2H2,1H3,(H2,4,5). The molecule has 0 unspecified atom stereocenters. The summed E-state index contributed by atoms with van der Waals surface area (Å²) in [5.74, 6) is -1.87. The number of aryl methyl sites for hydroxylation is 1. The van der Waals surface area contributed by atoms with Gasteiger partial charge in [0.05, 0.1) is 18.0 Å². The Morgan fingerprint density at radius 3 is 1.71 bits per heavy atom. The second-order valence-corrected chi connectivity index (χ2v) is 5.30. The van der Waals surface area contributed by atoms with E-state index in [2.05, 4.69) is 33.6 Å². The molecule has 31 heavy (non-hydrogen) atoms. The van der Waals surface area contributed by atoms with Crippen molar-refractivity contribution in [3.8, 4) is 0 Å². The first-order valence-electron chi connectivity index (χ1n) is 8.30. The number of nitrogens with two attached hydrogens (primary N) is 1. The monoisotopic (exact) mass is 435 g/mol. The lowest BCUT2D eigenvalue weighted by atomic mass is 10.2. The van der Waals surface area contributed by atoms with Crippen LogP contribution < -0.4 is 5.73 Å². The van der Waals surface area contributed by atoms with Crippen molar-refractivity contribution in [3.63, 3.8) is 0 Å². The lowest BCUT2D eigenvalue weighted by Gasteiger charge is -1.97. The summed E-state index contributed by atoms with van der Waals surface area (Å²) in [4.78, 5) is 55.6. The van der Waals surface area contributed by atoms with Gasteiger partial charge in [-0.3, -0.25) is 0 Å². The van der Waals surface area contributed by atoms with Crippen molar-refractivity contribution >= 4 is 41.6 Å². The number of benzene rings is 1. The number of hydrogen-bond donors (Lipinski definition) is 3. The van der Waals surface area contributed by atoms with Crippen LogP contribution in [0.15, 0.2) is 52.5 Å². The van der Waals surface area contributed by atoms with Gasteiger partial charge in [0, 0.05) is 11.1 Å². The third-order valence-corrected chi connectivity index (χ3v) is 2.55. The van der Waals surface area contributed by atoms with Crippen LogP contribution in [-0.2, 0) is 23.9 Å². The third-order valence-electron chi connectivity index (χ3n) is 2.55. The molecule has 0 aliphatic heterocycles. The SMILES string of the molecule is C=C(C)C(=O)O.C=C(C)C(=O)O.CCOC(N)=O.Cc1ccc(N=C=O)cc1N=C=O. The number of isocyanates is 2. The number of carbonyl (C=O) groups excluding carboxylic acids is 3. The van der Waals surface area contributed by atoms with Crippen LogP contribution in [0.4, 0.5) is 16.2 Å². The summed E-state index contributed by atoms with van der Waals surface area (Å²) in [5, 5.41) is 15.8. The molecule has 11 heteroatoms. The van der Waals surface area contributed by atoms with Crippen molar-refractivity contribution in [2.45, 2.75) is 27.7 Å². The molecular weight excluding hydrogens is 410 g/mol. The maximum atomic E-state index is 10.00. The fourth-order valence-corrected chi connectivity index (χ4v) is 1.03. The van der Waals surface area contributed by atoms with Crippen molar-refractivity contribution < 1.29 is 38.9 Å². The van der Waals surface area contributed by atoms with Crippen molar-refractivity contribution in [1.29, 1.82) is 0 Å². The van der Waals surface area contributed by atoms with Gasteiger partial charge in [-0.05, 0) is 45.4 Å². The Kier molecular flexibility index (Phi) is 19.2. The molecule has 4 N–H and O–H groups in total. The van der Waals surface area contributed by atoms with E-state index in [9.17, 15) is 24.0 Å². The van der Waals surface area contributed by atoms with E-state index in [0.29, 0.717) is 18.0 Å². The number of rotatable bonds is 5. The molecule has 0 saturated carbocycles. The molecule has 1 amide bonds. The smallest absolute Gasteiger partial charge is 0.404 e. The van der Waals surface area contributed by atoms with Gasteiger partial charge in [0.25, 0.3) is 0 Å². The van der Waals surface area contributed by atoms with E-state index in [1.165, 1.54) is 32.1 Å². The van der Waals surface area contributed by atoms with Crippen LogP contribution in [0, 0.1) is 6.92 Å². The van der Waals surface area contributed by atoms with Crippen LogP contribution in [0.25, 0.3) is 0 Å². The van der Waals surface area contributed by atoms with Crippen LogP contribution >= 0.6 is 0 Å². The summed E-state index contributed by atoms with van der Waals surface area (Å²) >= 11 is 0. The first-order valence-corrected chi connectivity index (χ1v) is 8.30. The van der Waals surface area contributed by atoms with Gasteiger partial charge in [0.15, 0.2) is 0 Å². The third kappa shape index (κ3) is 21.8. The lowest BCUT2D eigenvalue weighted by Crippen LogP contribution is -2.11. The lowest BCUT2D eigenvalue weighted by molar-refractivity contribution is -0.133. The first-order chi connectivity index (χ1) is 14.3. The highest BCUT2D eigenvalue weighted by Crippen LogP contribution is 2.23. The number of aliphatic carboxylic acids is 2. The molecule has 0 aliphatic rings. The maximum Gasteiger partial charge on any atom is 0.404 e. The molecule has 0 heterocycles. The van der Waals surface area contributed by atoms with Crippen molar-refractivity contribution in [1.82, 2.24) is 0 Å². The van der Waals surface area contributed by atoms with Gasteiger partial charge in [-0.2, -0.15) is 9.98 Å². The summed E-state index contributed by atoms with van der Waals surface area (Å²) in [6, 6.07) is 4.88. The number of ether oxygens (including phenoxy) is 1. The summed E-state index contributed by atoms with van der Waals surface area (Å²) in [5.41, 5.74) is 6.61. The van der Waals surface area contributed by atoms with Crippen LogP contribution in [0.3, 0.4) is 0 Å². The van der Waals surface area contributed by atoms with Crippen LogP contribution in [-0.4, -0.2) is 47.0 Å². The Morgan fingerprint density at radius 1 is 1.03 bits per heavy atom. The van der Waals surface area contributed by atoms with Gasteiger partial charge in [-0.15, -0.1) is 0 Å². The highest BCUT2D eigenvalue weighted by molar-refractivity contribution is 5.85. The zero-order chi connectivity index (χ0) is 25.0. The van der Waals surface area contributed by atoms with E-state index >= 15 is 0 Å². The van der Waals surface area contributed by atoms with E-state index in [-0.39, 0.29) is 11.1 Å². The minimum atomic E-state index is -0.935. The zero-order valence-electron chi connectivity index (χ0n) is 17.7. The van der Waals surface area contributed by atoms with E-state index < -0.39 is 18.0 Å². The van der Waals surface area contributed by atoms with E-state index in [0.717, 1.165) is 5.56 Å². The summed E-state index contributed by atoms with van der Waals surface area (Å²) in [6.07, 6.45) is 2.13. The normalized spacial score (nSPS) is 7.87. The number of hydrogen-bond acceptors (Lipinski definition) is 8. The molecule has 1 aromatic carbocycles. The number of carboxylic acids is 2. The Balaban J connectivity index is -0.000000370. The highest BCUT2D eigenvalue weighted by Gasteiger charge is 1.97. The molecule has 0 radical (unpaired) electrons. The Morgan fingerprint density at radius 2 is 1.45 bits per heavy atom. The van der Waals surface area contributed by atoms with E-state index in [1.54, 1.807) is 26.0 Å². The molecule has 0 fully saturated rings. The van der Waals surface area contributed by atoms with Gasteiger partial charge in [0.1, 0.15) is 0 Å². The highest BCUT2D eigenvalue weighted by atomic mass is 16.5. The molecule has 0 atom stereocenters. The van der Waals surface area contributed by atoms with Crippen LogP contribution in [0.2, 0.25) is 0 Å². The minimum absolute atomic E-state index is 0.176. The van der Waals surface area contributed by atoms with Crippen molar-refractivity contribution in [2.75, 3.05) is 6.61 Å². The molecule has 1 rings (SSSR count). The molecular formula is C20H25N3O8. The topological polar surface area (TPSA) is 186 Å². The maximum absolute atomic E-state index is 10.00. The molecule has 0 aromatic heterocycles. The quantitative estimate of drug-likeness (QED) is 0.357. The second kappa shape index (κ2) is 19.0. The zero-order valence-corrected chi connectivity index (χ0v) is 17.7. The predicted octanol–water partition coefficient (Wildman–Crippen LogP) is 3.33.